The molecule has 4 heteroatoms. The van der Waals surface area contributed by atoms with Crippen molar-refractivity contribution in [2.45, 2.75) is 52.0 Å². The highest BCUT2D eigenvalue weighted by Gasteiger charge is 2.12. The second-order valence-corrected chi connectivity index (χ2v) is 5.65. The minimum atomic E-state index is 0.796. The van der Waals surface area contributed by atoms with E-state index in [1.54, 1.807) is 0 Å². The van der Waals surface area contributed by atoms with Gasteiger partial charge in [-0.25, -0.2) is 4.98 Å². The summed E-state index contributed by atoms with van der Waals surface area (Å²) in [6.45, 7) is 3.97. The van der Waals surface area contributed by atoms with Gasteiger partial charge in [0.05, 0.1) is 16.1 Å². The second-order valence-electron chi connectivity index (χ2n) is 5.24. The number of nitrogens with zero attached hydrogens (tertiary/aromatic N) is 2. The van der Waals surface area contributed by atoms with Crippen molar-refractivity contribution in [2.24, 2.45) is 5.73 Å². The molecule has 110 valence electrons. The molecule has 2 rings (SSSR count). The Bertz CT molecular complexity index is 548. The number of aryl methyl sites for hydroxylation is 2. The molecule has 2 aromatic rings. The third kappa shape index (κ3) is 3.53. The maximum Gasteiger partial charge on any atom is 0.109 e. The number of aromatic nitrogens is 2. The van der Waals surface area contributed by atoms with E-state index >= 15 is 0 Å². The first kappa shape index (κ1) is 15.3. The number of halogens is 1. The standard InChI is InChI=1S/C16H24ClN3/c1-2-12-20-15(10-5-3-4-6-11-18)19-14-9-7-8-13(17)16(14)20/h7-9H,2-6,10-12,18H2,1H3. The fourth-order valence-corrected chi connectivity index (χ4v) is 2.90. The summed E-state index contributed by atoms with van der Waals surface area (Å²) >= 11 is 6.34. The lowest BCUT2D eigenvalue weighted by atomic mass is 10.1. The number of rotatable bonds is 8. The van der Waals surface area contributed by atoms with Gasteiger partial charge in [0, 0.05) is 13.0 Å². The average molecular weight is 294 g/mol. The molecule has 0 saturated carbocycles. The van der Waals surface area contributed by atoms with Crippen LogP contribution >= 0.6 is 11.6 Å². The van der Waals surface area contributed by atoms with E-state index in [1.165, 1.54) is 25.1 Å². The number of hydrogen-bond acceptors (Lipinski definition) is 2. The largest absolute Gasteiger partial charge is 0.330 e. The van der Waals surface area contributed by atoms with Crippen LogP contribution in [0.2, 0.25) is 5.02 Å². The van der Waals surface area contributed by atoms with Crippen LogP contribution in [0.4, 0.5) is 0 Å². The van der Waals surface area contributed by atoms with Gasteiger partial charge in [0.15, 0.2) is 0 Å². The van der Waals surface area contributed by atoms with Gasteiger partial charge in [-0.1, -0.05) is 37.4 Å². The number of unbranched alkanes of at least 4 members (excludes halogenated alkanes) is 3. The highest BCUT2D eigenvalue weighted by atomic mass is 35.5. The Morgan fingerprint density at radius 1 is 1.20 bits per heavy atom. The van der Waals surface area contributed by atoms with E-state index in [1.807, 2.05) is 18.2 Å². The number of imidazole rings is 1. The van der Waals surface area contributed by atoms with E-state index in [0.717, 1.165) is 48.4 Å². The summed E-state index contributed by atoms with van der Waals surface area (Å²) in [6.07, 6.45) is 6.85. The molecule has 3 nitrogen and oxygen atoms in total. The summed E-state index contributed by atoms with van der Waals surface area (Å²) in [5.74, 6) is 1.17. The third-order valence-electron chi connectivity index (χ3n) is 3.60. The topological polar surface area (TPSA) is 43.8 Å². The molecule has 1 aromatic heterocycles. The Morgan fingerprint density at radius 2 is 2.00 bits per heavy atom. The molecular formula is C16H24ClN3. The molecule has 0 amide bonds. The first-order chi connectivity index (χ1) is 9.77. The van der Waals surface area contributed by atoms with Crippen LogP contribution in [0, 0.1) is 0 Å². The zero-order chi connectivity index (χ0) is 14.4. The van der Waals surface area contributed by atoms with Crippen molar-refractivity contribution in [3.05, 3.63) is 29.0 Å². The van der Waals surface area contributed by atoms with E-state index in [0.29, 0.717) is 0 Å². The van der Waals surface area contributed by atoms with E-state index in [9.17, 15) is 0 Å². The molecule has 0 spiro atoms. The third-order valence-corrected chi connectivity index (χ3v) is 3.90. The SMILES string of the molecule is CCCn1c(CCCCCCN)nc2cccc(Cl)c21. The monoisotopic (exact) mass is 293 g/mol. The quantitative estimate of drug-likeness (QED) is 0.743. The molecule has 0 fully saturated rings. The van der Waals surface area contributed by atoms with Gasteiger partial charge < -0.3 is 10.3 Å². The molecule has 2 N–H and O–H groups in total. The lowest BCUT2D eigenvalue weighted by Gasteiger charge is -2.08. The average Bonchev–Trinajstić information content (AvgIpc) is 2.79. The Kier molecular flexibility index (Phi) is 5.86. The minimum Gasteiger partial charge on any atom is -0.330 e. The summed E-state index contributed by atoms with van der Waals surface area (Å²) < 4.78 is 2.29. The molecular weight excluding hydrogens is 270 g/mol. The van der Waals surface area contributed by atoms with Gasteiger partial charge in [0.2, 0.25) is 0 Å². The minimum absolute atomic E-state index is 0.796. The molecule has 1 aromatic carbocycles. The maximum atomic E-state index is 6.34. The van der Waals surface area contributed by atoms with Gasteiger partial charge in [0.1, 0.15) is 5.82 Å². The fourth-order valence-electron chi connectivity index (χ4n) is 2.63. The van der Waals surface area contributed by atoms with Crippen molar-refractivity contribution in [3.63, 3.8) is 0 Å². The number of benzene rings is 1. The van der Waals surface area contributed by atoms with E-state index in [-0.39, 0.29) is 0 Å². The number of hydrogen-bond donors (Lipinski definition) is 1. The van der Waals surface area contributed by atoms with Gasteiger partial charge in [0.25, 0.3) is 0 Å². The van der Waals surface area contributed by atoms with Crippen LogP contribution < -0.4 is 5.73 Å². The summed E-state index contributed by atoms with van der Waals surface area (Å²) in [6, 6.07) is 5.97. The van der Waals surface area contributed by atoms with Crippen LogP contribution in [0.15, 0.2) is 18.2 Å². The van der Waals surface area contributed by atoms with Gasteiger partial charge in [-0.05, 0) is 37.9 Å². The Morgan fingerprint density at radius 3 is 2.75 bits per heavy atom. The molecule has 0 aliphatic carbocycles. The van der Waals surface area contributed by atoms with Crippen LogP contribution in [0.5, 0.6) is 0 Å². The van der Waals surface area contributed by atoms with Crippen molar-refractivity contribution >= 4 is 22.6 Å². The molecule has 0 aliphatic rings. The maximum absolute atomic E-state index is 6.34. The molecule has 20 heavy (non-hydrogen) atoms. The molecule has 0 atom stereocenters. The van der Waals surface area contributed by atoms with Crippen LogP contribution in [-0.2, 0) is 13.0 Å². The second kappa shape index (κ2) is 7.65. The highest BCUT2D eigenvalue weighted by Crippen LogP contribution is 2.25. The number of nitrogens with two attached hydrogens (primary N) is 1. The van der Waals surface area contributed by atoms with Crippen LogP contribution in [0.1, 0.15) is 44.9 Å². The van der Waals surface area contributed by atoms with Crippen LogP contribution in [0.3, 0.4) is 0 Å². The molecule has 0 aliphatic heterocycles. The molecule has 1 heterocycles. The normalized spacial score (nSPS) is 11.3. The molecule has 0 bridgehead atoms. The molecule has 0 unspecified atom stereocenters. The summed E-state index contributed by atoms with van der Waals surface area (Å²) in [5.41, 5.74) is 7.63. The van der Waals surface area contributed by atoms with Gasteiger partial charge in [-0.15, -0.1) is 0 Å². The first-order valence-electron chi connectivity index (χ1n) is 7.61. The Hall–Kier alpha value is -1.06. The van der Waals surface area contributed by atoms with Crippen LogP contribution in [0.25, 0.3) is 11.0 Å². The van der Waals surface area contributed by atoms with Crippen molar-refractivity contribution in [2.75, 3.05) is 6.54 Å². The van der Waals surface area contributed by atoms with Crippen molar-refractivity contribution in [3.8, 4) is 0 Å². The van der Waals surface area contributed by atoms with Gasteiger partial charge in [-0.2, -0.15) is 0 Å². The van der Waals surface area contributed by atoms with Gasteiger partial charge in [-0.3, -0.25) is 0 Å². The highest BCUT2D eigenvalue weighted by molar-refractivity contribution is 6.35. The van der Waals surface area contributed by atoms with Crippen molar-refractivity contribution < 1.29 is 0 Å². The Labute approximate surface area is 126 Å². The van der Waals surface area contributed by atoms with E-state index < -0.39 is 0 Å². The number of para-hydroxylation sites is 1. The Balaban J connectivity index is 2.15. The zero-order valence-corrected chi connectivity index (χ0v) is 13.0. The van der Waals surface area contributed by atoms with Crippen LogP contribution in [-0.4, -0.2) is 16.1 Å². The molecule has 0 saturated heterocycles. The fraction of sp³-hybridized carbons (Fsp3) is 0.562. The summed E-state index contributed by atoms with van der Waals surface area (Å²) in [7, 11) is 0. The first-order valence-corrected chi connectivity index (χ1v) is 7.99. The van der Waals surface area contributed by atoms with Crippen molar-refractivity contribution in [1.29, 1.82) is 0 Å². The zero-order valence-electron chi connectivity index (χ0n) is 12.2. The van der Waals surface area contributed by atoms with E-state index in [2.05, 4.69) is 11.5 Å². The summed E-state index contributed by atoms with van der Waals surface area (Å²) in [5, 5.41) is 0.804. The smallest absolute Gasteiger partial charge is 0.109 e. The number of fused-ring (bicyclic) bond motifs is 1. The summed E-state index contributed by atoms with van der Waals surface area (Å²) in [4.78, 5) is 4.76. The predicted molar refractivity (Wildman–Crippen MR) is 86.3 cm³/mol. The predicted octanol–water partition coefficient (Wildman–Crippen LogP) is 4.16. The van der Waals surface area contributed by atoms with Crippen molar-refractivity contribution in [1.82, 2.24) is 9.55 Å². The van der Waals surface area contributed by atoms with Gasteiger partial charge >= 0.3 is 0 Å². The van der Waals surface area contributed by atoms with E-state index in [4.69, 9.17) is 22.3 Å². The lowest BCUT2D eigenvalue weighted by Crippen LogP contribution is -2.04. The molecule has 0 radical (unpaired) electrons. The lowest BCUT2D eigenvalue weighted by molar-refractivity contribution is 0.601.